The standard InChI is InChI=1S/C22H31N7O/c1-14(2)29-21-19(27-28-29)8-3-15-13-23-22(26-20(15)21)25-17-6-4-16(5-7-17)24-18-9-11-30-12-10-18/h3,8,13-14,16-18,24H,4-7,9-12H2,1-2H3,(H,23,25,26). The summed E-state index contributed by atoms with van der Waals surface area (Å²) in [7, 11) is 0. The number of fused-ring (bicyclic) bond motifs is 3. The molecule has 1 aliphatic heterocycles. The highest BCUT2D eigenvalue weighted by Gasteiger charge is 2.25. The van der Waals surface area contributed by atoms with Crippen LogP contribution in [0.5, 0.6) is 0 Å². The number of benzene rings is 1. The van der Waals surface area contributed by atoms with Crippen molar-refractivity contribution in [3.63, 3.8) is 0 Å². The van der Waals surface area contributed by atoms with Gasteiger partial charge in [0.1, 0.15) is 16.6 Å². The van der Waals surface area contributed by atoms with Crippen LogP contribution in [-0.2, 0) is 4.74 Å². The molecule has 1 aromatic carbocycles. The Morgan fingerprint density at radius 1 is 1.00 bits per heavy atom. The lowest BCUT2D eigenvalue weighted by Gasteiger charge is -2.33. The number of nitrogens with one attached hydrogen (secondary N) is 2. The van der Waals surface area contributed by atoms with Crippen LogP contribution in [0.3, 0.4) is 0 Å². The molecule has 160 valence electrons. The van der Waals surface area contributed by atoms with Crippen molar-refractivity contribution < 1.29 is 4.74 Å². The van der Waals surface area contributed by atoms with Crippen LogP contribution in [0, 0.1) is 0 Å². The van der Waals surface area contributed by atoms with Crippen LogP contribution in [0.2, 0.25) is 0 Å². The average molecular weight is 410 g/mol. The summed E-state index contributed by atoms with van der Waals surface area (Å²) in [6.07, 6.45) is 8.84. The summed E-state index contributed by atoms with van der Waals surface area (Å²) in [6, 6.07) is 5.91. The zero-order valence-corrected chi connectivity index (χ0v) is 17.8. The molecule has 2 aromatic heterocycles. The Bertz CT molecular complexity index is 1000. The lowest BCUT2D eigenvalue weighted by atomic mass is 9.90. The average Bonchev–Trinajstić information content (AvgIpc) is 3.21. The molecule has 0 radical (unpaired) electrons. The highest BCUT2D eigenvalue weighted by molar-refractivity contribution is 6.01. The summed E-state index contributed by atoms with van der Waals surface area (Å²) in [6.45, 7) is 6.01. The molecule has 2 fully saturated rings. The van der Waals surface area contributed by atoms with E-state index in [9.17, 15) is 0 Å². The first-order valence-electron chi connectivity index (χ1n) is 11.3. The van der Waals surface area contributed by atoms with Crippen LogP contribution in [0.4, 0.5) is 5.95 Å². The van der Waals surface area contributed by atoms with E-state index in [0.717, 1.165) is 60.8 Å². The Kier molecular flexibility index (Phi) is 5.52. The van der Waals surface area contributed by atoms with Crippen LogP contribution in [0.15, 0.2) is 18.3 Å². The molecular formula is C22H31N7O. The molecule has 1 aliphatic carbocycles. The van der Waals surface area contributed by atoms with Gasteiger partial charge in [-0.2, -0.15) is 0 Å². The fourth-order valence-electron chi connectivity index (χ4n) is 4.73. The Balaban J connectivity index is 1.28. The Hall–Kier alpha value is -2.32. The van der Waals surface area contributed by atoms with Gasteiger partial charge in [0, 0.05) is 49.0 Å². The number of aromatic nitrogens is 5. The van der Waals surface area contributed by atoms with Crippen molar-refractivity contribution in [3.8, 4) is 0 Å². The second-order valence-corrected chi connectivity index (χ2v) is 8.94. The third-order valence-corrected chi connectivity index (χ3v) is 6.42. The zero-order chi connectivity index (χ0) is 20.5. The Morgan fingerprint density at radius 3 is 2.50 bits per heavy atom. The van der Waals surface area contributed by atoms with Gasteiger partial charge in [-0.05, 0) is 64.5 Å². The van der Waals surface area contributed by atoms with E-state index in [2.05, 4.69) is 39.8 Å². The van der Waals surface area contributed by atoms with Crippen LogP contribution >= 0.6 is 0 Å². The zero-order valence-electron chi connectivity index (χ0n) is 17.8. The topological polar surface area (TPSA) is 89.8 Å². The molecule has 0 spiro atoms. The monoisotopic (exact) mass is 409 g/mol. The van der Waals surface area contributed by atoms with Gasteiger partial charge in [0.2, 0.25) is 5.95 Å². The van der Waals surface area contributed by atoms with E-state index in [1.54, 1.807) is 0 Å². The fourth-order valence-corrected chi connectivity index (χ4v) is 4.73. The molecule has 3 heterocycles. The molecule has 0 unspecified atom stereocenters. The van der Waals surface area contributed by atoms with Gasteiger partial charge >= 0.3 is 0 Å². The number of nitrogens with zero attached hydrogens (tertiary/aromatic N) is 5. The number of rotatable bonds is 5. The lowest BCUT2D eigenvalue weighted by Crippen LogP contribution is -2.44. The van der Waals surface area contributed by atoms with Gasteiger partial charge < -0.3 is 15.4 Å². The van der Waals surface area contributed by atoms with Crippen LogP contribution < -0.4 is 10.6 Å². The molecule has 0 atom stereocenters. The summed E-state index contributed by atoms with van der Waals surface area (Å²) in [5, 5.41) is 17.1. The van der Waals surface area contributed by atoms with Crippen molar-refractivity contribution in [2.45, 2.75) is 76.5 Å². The highest BCUT2D eigenvalue weighted by Crippen LogP contribution is 2.26. The molecular weight excluding hydrogens is 378 g/mol. The first-order valence-corrected chi connectivity index (χ1v) is 11.3. The molecule has 8 heteroatoms. The van der Waals surface area contributed by atoms with Crippen molar-refractivity contribution in [1.29, 1.82) is 0 Å². The van der Waals surface area contributed by atoms with Crippen molar-refractivity contribution in [2.24, 2.45) is 0 Å². The quantitative estimate of drug-likeness (QED) is 0.667. The second-order valence-electron chi connectivity index (χ2n) is 8.94. The predicted molar refractivity (Wildman–Crippen MR) is 118 cm³/mol. The van der Waals surface area contributed by atoms with Crippen LogP contribution in [-0.4, -0.2) is 56.3 Å². The highest BCUT2D eigenvalue weighted by atomic mass is 16.5. The first kappa shape index (κ1) is 19.6. The Morgan fingerprint density at radius 2 is 1.73 bits per heavy atom. The minimum atomic E-state index is 0.227. The Labute approximate surface area is 176 Å². The van der Waals surface area contributed by atoms with Gasteiger partial charge in [-0.25, -0.2) is 14.6 Å². The lowest BCUT2D eigenvalue weighted by molar-refractivity contribution is 0.0730. The van der Waals surface area contributed by atoms with Crippen molar-refractivity contribution >= 4 is 27.9 Å². The molecule has 0 amide bonds. The minimum absolute atomic E-state index is 0.227. The molecule has 3 aromatic rings. The maximum atomic E-state index is 5.47. The van der Waals surface area contributed by atoms with Crippen LogP contribution in [0.25, 0.3) is 21.9 Å². The summed E-state index contributed by atoms with van der Waals surface area (Å²) < 4.78 is 7.42. The third kappa shape index (κ3) is 3.98. The molecule has 2 N–H and O–H groups in total. The van der Waals surface area contributed by atoms with E-state index >= 15 is 0 Å². The van der Waals surface area contributed by atoms with E-state index in [-0.39, 0.29) is 6.04 Å². The fraction of sp³-hybridized carbons (Fsp3) is 0.636. The normalized spacial score (nSPS) is 23.4. The van der Waals surface area contributed by atoms with Crippen molar-refractivity contribution in [2.75, 3.05) is 18.5 Å². The summed E-state index contributed by atoms with van der Waals surface area (Å²) in [4.78, 5) is 9.45. The van der Waals surface area contributed by atoms with Gasteiger partial charge in [0.05, 0.1) is 0 Å². The minimum Gasteiger partial charge on any atom is -0.381 e. The van der Waals surface area contributed by atoms with Gasteiger partial charge in [0.25, 0.3) is 0 Å². The van der Waals surface area contributed by atoms with Crippen LogP contribution in [0.1, 0.15) is 58.4 Å². The predicted octanol–water partition coefficient (Wildman–Crippen LogP) is 3.45. The van der Waals surface area contributed by atoms with Gasteiger partial charge in [-0.1, -0.05) is 5.21 Å². The number of anilines is 1. The largest absolute Gasteiger partial charge is 0.381 e. The van der Waals surface area contributed by atoms with Gasteiger partial charge in [-0.3, -0.25) is 0 Å². The number of ether oxygens (including phenoxy) is 1. The van der Waals surface area contributed by atoms with E-state index in [1.165, 1.54) is 12.8 Å². The SMILES string of the molecule is CC(C)n1nnc2ccc3cnc(NC4CCC(NC5CCOCC5)CC4)nc3c21. The molecule has 30 heavy (non-hydrogen) atoms. The van der Waals surface area contributed by atoms with E-state index < -0.39 is 0 Å². The smallest absolute Gasteiger partial charge is 0.223 e. The third-order valence-electron chi connectivity index (χ3n) is 6.42. The van der Waals surface area contributed by atoms with E-state index in [0.29, 0.717) is 24.1 Å². The van der Waals surface area contributed by atoms with Gasteiger partial charge in [0.15, 0.2) is 0 Å². The maximum absolute atomic E-state index is 5.47. The van der Waals surface area contributed by atoms with Crippen molar-refractivity contribution in [1.82, 2.24) is 30.3 Å². The second kappa shape index (κ2) is 8.43. The first-order chi connectivity index (χ1) is 14.7. The van der Waals surface area contributed by atoms with Crippen molar-refractivity contribution in [3.05, 3.63) is 18.3 Å². The molecule has 1 saturated heterocycles. The summed E-state index contributed by atoms with van der Waals surface area (Å²) >= 11 is 0. The number of hydrogen-bond acceptors (Lipinski definition) is 7. The summed E-state index contributed by atoms with van der Waals surface area (Å²) in [5.41, 5.74) is 2.77. The maximum Gasteiger partial charge on any atom is 0.223 e. The van der Waals surface area contributed by atoms with E-state index in [4.69, 9.17) is 9.72 Å². The summed E-state index contributed by atoms with van der Waals surface area (Å²) in [5.74, 6) is 0.701. The van der Waals surface area contributed by atoms with Gasteiger partial charge in [-0.15, -0.1) is 5.10 Å². The molecule has 0 bridgehead atoms. The molecule has 5 rings (SSSR count). The van der Waals surface area contributed by atoms with E-state index in [1.807, 2.05) is 23.0 Å². The molecule has 1 saturated carbocycles. The number of hydrogen-bond donors (Lipinski definition) is 2. The molecule has 2 aliphatic rings. The molecule has 8 nitrogen and oxygen atoms in total.